The van der Waals surface area contributed by atoms with Crippen molar-refractivity contribution < 1.29 is 30.0 Å². The molecule has 0 bridgehead atoms. The maximum absolute atomic E-state index is 13.1. The molecule has 4 aromatic carbocycles. The Morgan fingerprint density at radius 3 is 1.64 bits per heavy atom. The molecule has 0 amide bonds. The summed E-state index contributed by atoms with van der Waals surface area (Å²) in [6.45, 7) is 3.50. The van der Waals surface area contributed by atoms with E-state index in [1.54, 1.807) is 13.8 Å². The van der Waals surface area contributed by atoms with Crippen molar-refractivity contribution >= 4 is 61.7 Å². The zero-order chi connectivity index (χ0) is 23.5. The van der Waals surface area contributed by atoms with E-state index in [4.69, 9.17) is 8.39 Å². The number of benzene rings is 4. The van der Waals surface area contributed by atoms with Gasteiger partial charge >= 0.3 is 5.51 Å². The Balaban J connectivity index is 2.07. The second-order valence-corrected chi connectivity index (χ2v) is 10.6. The quantitative estimate of drug-likeness (QED) is 0.250. The summed E-state index contributed by atoms with van der Waals surface area (Å²) in [4.78, 5) is 0. The number of fused-ring (bicyclic) bond motifs is 7. The predicted octanol–water partition coefficient (Wildman–Crippen LogP) is 8.20. The minimum atomic E-state index is -5.83. The number of alkyl halides is 3. The van der Waals surface area contributed by atoms with Gasteiger partial charge in [-0.25, -0.2) is 8.42 Å². The fourth-order valence-electron chi connectivity index (χ4n) is 4.01. The minimum Gasteiger partial charge on any atom is -0.434 e. The average Bonchev–Trinajstić information content (AvgIpc) is 2.91. The van der Waals surface area contributed by atoms with Crippen LogP contribution in [0.3, 0.4) is 0 Å². The Morgan fingerprint density at radius 2 is 1.21 bits per heavy atom. The van der Waals surface area contributed by atoms with Gasteiger partial charge in [-0.15, -0.1) is 0 Å². The summed E-state index contributed by atoms with van der Waals surface area (Å²) in [5.41, 5.74) is -3.82. The van der Waals surface area contributed by atoms with Gasteiger partial charge in [0.15, 0.2) is 10.0 Å². The van der Waals surface area contributed by atoms with E-state index in [-0.39, 0.29) is 11.2 Å². The zero-order valence-corrected chi connectivity index (χ0v) is 19.1. The average molecular weight is 490 g/mol. The van der Waals surface area contributed by atoms with Crippen LogP contribution in [0.4, 0.5) is 13.2 Å². The molecule has 0 unspecified atom stereocenters. The van der Waals surface area contributed by atoms with E-state index in [1.165, 1.54) is 0 Å². The van der Waals surface area contributed by atoms with E-state index in [0.717, 1.165) is 21.5 Å². The van der Waals surface area contributed by atoms with Gasteiger partial charge in [0.1, 0.15) is 19.3 Å². The largest absolute Gasteiger partial charge is 0.480 e. The Hall–Kier alpha value is -3.00. The van der Waals surface area contributed by atoms with Crippen LogP contribution >= 0.6 is 8.16 Å². The predicted molar refractivity (Wildman–Crippen MR) is 125 cm³/mol. The lowest BCUT2D eigenvalue weighted by Gasteiger charge is -2.19. The van der Waals surface area contributed by atoms with Gasteiger partial charge in [0.2, 0.25) is 0 Å². The highest BCUT2D eigenvalue weighted by Crippen LogP contribution is 2.48. The van der Waals surface area contributed by atoms with E-state index < -0.39 is 23.7 Å². The molecule has 33 heavy (non-hydrogen) atoms. The Morgan fingerprint density at radius 1 is 0.788 bits per heavy atom. The molecule has 0 fully saturated rings. The summed E-state index contributed by atoms with van der Waals surface area (Å²) >= 11 is 0. The second-order valence-electron chi connectivity index (χ2n) is 7.66. The Labute approximate surface area is 187 Å². The molecule has 0 atom stereocenters. The molecule has 170 valence electrons. The highest BCUT2D eigenvalue weighted by molar-refractivity contribution is 8.00. The second kappa shape index (κ2) is 7.52. The topological polar surface area (TPSA) is 74.5 Å². The molecular weight excluding hydrogens is 474 g/mol. The van der Waals surface area contributed by atoms with Crippen LogP contribution in [0.1, 0.15) is 11.1 Å². The third-order valence-electron chi connectivity index (χ3n) is 5.43. The van der Waals surface area contributed by atoms with E-state index >= 15 is 0 Å². The van der Waals surface area contributed by atoms with Crippen LogP contribution in [0.5, 0.6) is 0 Å². The van der Waals surface area contributed by atoms with E-state index in [2.05, 4.69) is 4.49 Å². The third kappa shape index (κ3) is 3.57. The first kappa shape index (κ1) is 21.8. The summed E-state index contributed by atoms with van der Waals surface area (Å²) in [6, 6.07) is 18.8. The van der Waals surface area contributed by atoms with E-state index in [1.807, 2.05) is 60.7 Å². The molecule has 0 N–H and O–H groups in total. The van der Waals surface area contributed by atoms with Crippen molar-refractivity contribution in [3.8, 4) is 0 Å². The van der Waals surface area contributed by atoms with Crippen molar-refractivity contribution in [3.05, 3.63) is 76.3 Å². The maximum atomic E-state index is 13.1. The van der Waals surface area contributed by atoms with Crippen molar-refractivity contribution in [1.29, 1.82) is 0 Å². The zero-order valence-electron chi connectivity index (χ0n) is 17.3. The van der Waals surface area contributed by atoms with Crippen LogP contribution in [0.2, 0.25) is 0 Å². The molecule has 0 spiro atoms. The highest BCUT2D eigenvalue weighted by atomic mass is 32.2. The van der Waals surface area contributed by atoms with Gasteiger partial charge in [-0.05, 0) is 58.7 Å². The fraction of sp³-hybridized carbons (Fsp3) is 0.130. The van der Waals surface area contributed by atoms with Gasteiger partial charge in [-0.1, -0.05) is 48.5 Å². The molecule has 5 rings (SSSR count). The smallest absolute Gasteiger partial charge is 0.434 e. The number of hydrogen-bond acceptors (Lipinski definition) is 4. The molecular formula is C23H16F3NO4PS-. The molecule has 5 nitrogen and oxygen atoms in total. The first-order chi connectivity index (χ1) is 15.6. The van der Waals surface area contributed by atoms with Gasteiger partial charge in [0, 0.05) is 10.8 Å². The van der Waals surface area contributed by atoms with E-state index in [9.17, 15) is 21.6 Å². The molecule has 0 saturated heterocycles. The van der Waals surface area contributed by atoms with Crippen molar-refractivity contribution in [2.75, 3.05) is 0 Å². The standard InChI is InChI=1S/C23H16F3NO4PS/c1-13-11-15-7-3-5-9-17(15)19-20-18-10-6-4-8-16(18)12-14(2)22(20)31-32(30-21(13)19)27-33(28,29)23(24,25)26/h3-12H,1-2H3/q-1. The minimum absolute atomic E-state index is 0.246. The molecule has 10 heteroatoms. The normalized spacial score (nSPS) is 12.8. The summed E-state index contributed by atoms with van der Waals surface area (Å²) < 4.78 is 77.5. The summed E-state index contributed by atoms with van der Waals surface area (Å²) in [6.07, 6.45) is 0. The van der Waals surface area contributed by atoms with Gasteiger partial charge in [-0.3, -0.25) is 0 Å². The lowest BCUT2D eigenvalue weighted by molar-refractivity contribution is -0.0425. The molecule has 0 aliphatic carbocycles. The lowest BCUT2D eigenvalue weighted by atomic mass is 9.95. The number of rotatable bonds is 2. The number of nitrogens with zero attached hydrogens (tertiary/aromatic N) is 1. The van der Waals surface area contributed by atoms with Crippen LogP contribution < -0.4 is 0 Å². The molecule has 0 radical (unpaired) electrons. The van der Waals surface area contributed by atoms with Gasteiger partial charge < -0.3 is 12.9 Å². The van der Waals surface area contributed by atoms with Crippen LogP contribution in [0.15, 0.2) is 69.1 Å². The molecule has 0 aliphatic rings. The molecule has 0 saturated carbocycles. The van der Waals surface area contributed by atoms with Gasteiger partial charge in [-0.2, -0.15) is 13.2 Å². The Bertz CT molecular complexity index is 1620. The first-order valence-corrected chi connectivity index (χ1v) is 12.4. The number of hydrogen-bond donors (Lipinski definition) is 0. The summed E-state index contributed by atoms with van der Waals surface area (Å²) in [7, 11) is -8.68. The third-order valence-corrected chi connectivity index (χ3v) is 8.09. The summed E-state index contributed by atoms with van der Waals surface area (Å²) in [5.74, 6) is 0. The maximum Gasteiger partial charge on any atom is 0.480 e. The summed E-state index contributed by atoms with van der Waals surface area (Å²) in [5, 5.41) is 4.67. The monoisotopic (exact) mass is 490 g/mol. The fourth-order valence-corrected chi connectivity index (χ4v) is 6.17. The van der Waals surface area contributed by atoms with Crippen LogP contribution in [-0.2, 0) is 10.0 Å². The molecule has 0 aliphatic heterocycles. The van der Waals surface area contributed by atoms with Gasteiger partial charge in [0.25, 0.3) is 0 Å². The molecule has 5 aromatic rings. The van der Waals surface area contributed by atoms with Crippen LogP contribution in [0, 0.1) is 13.8 Å². The number of halogens is 3. The van der Waals surface area contributed by atoms with Crippen LogP contribution in [0.25, 0.3) is 48.0 Å². The first-order valence-electron chi connectivity index (χ1n) is 9.82. The van der Waals surface area contributed by atoms with Gasteiger partial charge in [0.05, 0.1) is 0 Å². The lowest BCUT2D eigenvalue weighted by Crippen LogP contribution is -2.20. The SMILES string of the molecule is Cc1cc2ccccc2c2c1op([N-]S(=O)(=O)C(F)(F)F)oc1c(C)cc3ccccc3c12. The van der Waals surface area contributed by atoms with Crippen molar-refractivity contribution in [2.45, 2.75) is 19.4 Å². The highest BCUT2D eigenvalue weighted by Gasteiger charge is 2.39. The molecule has 1 aromatic heterocycles. The van der Waals surface area contributed by atoms with Crippen molar-refractivity contribution in [3.63, 3.8) is 0 Å². The number of sulfonamides is 1. The Kier molecular flexibility index (Phi) is 4.97. The molecule has 1 heterocycles. The van der Waals surface area contributed by atoms with Crippen molar-refractivity contribution in [2.24, 2.45) is 0 Å². The van der Waals surface area contributed by atoms with Crippen LogP contribution in [-0.4, -0.2) is 13.9 Å². The van der Waals surface area contributed by atoms with Crippen molar-refractivity contribution in [1.82, 2.24) is 0 Å². The number of aryl methyl sites for hydroxylation is 2. The van der Waals surface area contributed by atoms with E-state index in [0.29, 0.717) is 21.9 Å².